The van der Waals surface area contributed by atoms with Crippen LogP contribution in [0.15, 0.2) is 63.3 Å². The molecule has 0 aliphatic heterocycles. The number of benzene rings is 2. The first-order chi connectivity index (χ1) is 12.6. The topological polar surface area (TPSA) is 73.2 Å². The highest BCUT2D eigenvalue weighted by atomic mass is 32.2. The van der Waals surface area contributed by atoms with Gasteiger partial charge in [0.1, 0.15) is 4.90 Å². The average molecular weight is 406 g/mol. The molecule has 7 heteroatoms. The lowest BCUT2D eigenvalue weighted by Gasteiger charge is -2.11. The predicted octanol–water partition coefficient (Wildman–Crippen LogP) is 3.93. The van der Waals surface area contributed by atoms with Crippen LogP contribution in [-0.4, -0.2) is 27.2 Å². The molecule has 0 bridgehead atoms. The second-order valence-electron chi connectivity index (χ2n) is 6.84. The first-order valence-electron chi connectivity index (χ1n) is 8.76. The van der Waals surface area contributed by atoms with Gasteiger partial charge in [0.05, 0.1) is 16.2 Å². The molecule has 0 atom stereocenters. The van der Waals surface area contributed by atoms with Crippen molar-refractivity contribution in [3.8, 4) is 0 Å². The normalized spacial score (nSPS) is 12.8. The minimum Gasteiger partial charge on any atom is -0.333 e. The number of fused-ring (bicyclic) bond motifs is 1. The fourth-order valence-corrected chi connectivity index (χ4v) is 6.67. The van der Waals surface area contributed by atoms with E-state index in [1.807, 2.05) is 13.8 Å². The molecule has 0 saturated carbocycles. The summed E-state index contributed by atoms with van der Waals surface area (Å²) < 4.78 is 53.9. The Kier molecular flexibility index (Phi) is 4.94. The molecular weight excluding hydrogens is 382 g/mol. The summed E-state index contributed by atoms with van der Waals surface area (Å²) in [4.78, 5) is -0.0265. The van der Waals surface area contributed by atoms with E-state index >= 15 is 0 Å². The third kappa shape index (κ3) is 3.19. The lowest BCUT2D eigenvalue weighted by atomic mass is 10.0. The van der Waals surface area contributed by atoms with Crippen LogP contribution in [0.3, 0.4) is 0 Å². The van der Waals surface area contributed by atoms with E-state index < -0.39 is 19.7 Å². The highest BCUT2D eigenvalue weighted by Crippen LogP contribution is 2.36. The van der Waals surface area contributed by atoms with Gasteiger partial charge in [0.15, 0.2) is 14.9 Å². The van der Waals surface area contributed by atoms with Crippen LogP contribution in [-0.2, 0) is 26.7 Å². The minimum atomic E-state index is -4.01. The van der Waals surface area contributed by atoms with Crippen LogP contribution in [0.2, 0.25) is 0 Å². The number of rotatable bonds is 5. The molecule has 3 rings (SSSR count). The molecule has 5 nitrogen and oxygen atoms in total. The molecule has 0 N–H and O–H groups in total. The molecule has 0 radical (unpaired) electrons. The molecule has 0 amide bonds. The average Bonchev–Trinajstić information content (AvgIpc) is 2.96. The van der Waals surface area contributed by atoms with E-state index in [2.05, 4.69) is 0 Å². The maximum atomic E-state index is 13.4. The maximum Gasteiger partial charge on any atom is 0.223 e. The van der Waals surface area contributed by atoms with Crippen LogP contribution in [0.1, 0.15) is 32.3 Å². The lowest BCUT2D eigenvalue weighted by molar-refractivity contribution is 0.574. The summed E-state index contributed by atoms with van der Waals surface area (Å²) in [7, 11) is -6.17. The molecule has 0 aliphatic carbocycles. The van der Waals surface area contributed by atoms with Gasteiger partial charge in [0, 0.05) is 12.4 Å². The van der Waals surface area contributed by atoms with Crippen LogP contribution < -0.4 is 0 Å². The van der Waals surface area contributed by atoms with Gasteiger partial charge in [-0.25, -0.2) is 16.8 Å². The molecule has 0 unspecified atom stereocenters. The van der Waals surface area contributed by atoms with E-state index in [0.717, 1.165) is 5.56 Å². The number of hydrogen-bond acceptors (Lipinski definition) is 4. The molecule has 1 heterocycles. The Morgan fingerprint density at radius 1 is 0.926 bits per heavy atom. The number of para-hydroxylation sites is 1. The second kappa shape index (κ2) is 6.80. The van der Waals surface area contributed by atoms with Crippen LogP contribution in [0, 0.1) is 0 Å². The monoisotopic (exact) mass is 405 g/mol. The Labute approximate surface area is 160 Å². The SMILES string of the molecule is CCS(=O)(=O)c1c(S(=O)(=O)c2ccc(C(C)C)cc2)n(C)c2ccccc12. The molecule has 0 spiro atoms. The summed E-state index contributed by atoms with van der Waals surface area (Å²) in [6.45, 7) is 5.57. The van der Waals surface area contributed by atoms with Crippen molar-refractivity contribution >= 4 is 30.6 Å². The zero-order valence-corrected chi connectivity index (χ0v) is 17.4. The third-order valence-electron chi connectivity index (χ3n) is 4.81. The van der Waals surface area contributed by atoms with Gasteiger partial charge in [0.2, 0.25) is 9.84 Å². The minimum absolute atomic E-state index is 0.0883. The van der Waals surface area contributed by atoms with Crippen molar-refractivity contribution < 1.29 is 16.8 Å². The number of nitrogens with zero attached hydrogens (tertiary/aromatic N) is 1. The van der Waals surface area contributed by atoms with Crippen molar-refractivity contribution in [1.29, 1.82) is 0 Å². The van der Waals surface area contributed by atoms with Crippen molar-refractivity contribution in [1.82, 2.24) is 4.57 Å². The Bertz CT molecular complexity index is 1200. The van der Waals surface area contributed by atoms with E-state index in [4.69, 9.17) is 0 Å². The van der Waals surface area contributed by atoms with Crippen LogP contribution in [0.5, 0.6) is 0 Å². The van der Waals surface area contributed by atoms with Gasteiger partial charge >= 0.3 is 0 Å². The number of hydrogen-bond donors (Lipinski definition) is 0. The van der Waals surface area contributed by atoms with E-state index in [0.29, 0.717) is 10.9 Å². The van der Waals surface area contributed by atoms with Gasteiger partial charge in [-0.15, -0.1) is 0 Å². The highest BCUT2D eigenvalue weighted by Gasteiger charge is 2.33. The lowest BCUT2D eigenvalue weighted by Crippen LogP contribution is -2.14. The quantitative estimate of drug-likeness (QED) is 0.645. The van der Waals surface area contributed by atoms with Crippen LogP contribution >= 0.6 is 0 Å². The standard InChI is InChI=1S/C20H23NO4S2/c1-5-26(22,23)19-17-8-6-7-9-18(17)21(4)20(19)27(24,25)16-12-10-15(11-13-16)14(2)3/h6-14H,5H2,1-4H3. The molecule has 0 fully saturated rings. The van der Waals surface area contributed by atoms with E-state index in [-0.39, 0.29) is 26.5 Å². The zero-order valence-electron chi connectivity index (χ0n) is 15.8. The number of aromatic nitrogens is 1. The maximum absolute atomic E-state index is 13.4. The van der Waals surface area contributed by atoms with Gasteiger partial charge in [-0.3, -0.25) is 0 Å². The van der Waals surface area contributed by atoms with Crippen LogP contribution in [0.4, 0.5) is 0 Å². The van der Waals surface area contributed by atoms with E-state index in [1.165, 1.54) is 11.5 Å². The van der Waals surface area contributed by atoms with Gasteiger partial charge < -0.3 is 4.57 Å². The van der Waals surface area contributed by atoms with E-state index in [1.54, 1.807) is 55.6 Å². The van der Waals surface area contributed by atoms with Crippen LogP contribution in [0.25, 0.3) is 10.9 Å². The molecule has 0 aliphatic rings. The van der Waals surface area contributed by atoms with Crippen molar-refractivity contribution in [3.05, 3.63) is 54.1 Å². The first-order valence-corrected chi connectivity index (χ1v) is 11.9. The summed E-state index contributed by atoms with van der Waals surface area (Å²) in [6, 6.07) is 13.5. The molecule has 1 aromatic heterocycles. The van der Waals surface area contributed by atoms with Gasteiger partial charge in [-0.1, -0.05) is 51.1 Å². The van der Waals surface area contributed by atoms with Crippen molar-refractivity contribution in [2.45, 2.75) is 41.5 Å². The predicted molar refractivity (Wildman–Crippen MR) is 107 cm³/mol. The van der Waals surface area contributed by atoms with Gasteiger partial charge in [-0.05, 0) is 29.7 Å². The molecule has 3 aromatic rings. The number of sulfone groups is 2. The van der Waals surface area contributed by atoms with E-state index in [9.17, 15) is 16.8 Å². The Hall–Kier alpha value is -2.12. The van der Waals surface area contributed by atoms with Gasteiger partial charge in [0.25, 0.3) is 0 Å². The first kappa shape index (κ1) is 19.6. The third-order valence-corrected chi connectivity index (χ3v) is 8.62. The second-order valence-corrected chi connectivity index (χ2v) is 10.9. The molecule has 27 heavy (non-hydrogen) atoms. The summed E-state index contributed by atoms with van der Waals surface area (Å²) in [6.07, 6.45) is 0. The molecule has 144 valence electrons. The molecule has 0 saturated heterocycles. The molecule has 2 aromatic carbocycles. The number of aryl methyl sites for hydroxylation is 1. The Morgan fingerprint density at radius 2 is 1.52 bits per heavy atom. The fraction of sp³-hybridized carbons (Fsp3) is 0.300. The van der Waals surface area contributed by atoms with Crippen molar-refractivity contribution in [2.75, 3.05) is 5.75 Å². The Balaban J connectivity index is 2.36. The summed E-state index contributed by atoms with van der Waals surface area (Å²) in [5, 5.41) is 0.252. The smallest absolute Gasteiger partial charge is 0.223 e. The Morgan fingerprint density at radius 3 is 2.07 bits per heavy atom. The fourth-order valence-electron chi connectivity index (χ4n) is 3.23. The highest BCUT2D eigenvalue weighted by molar-refractivity contribution is 7.94. The zero-order chi connectivity index (χ0) is 20.0. The summed E-state index contributed by atoms with van der Waals surface area (Å²) in [5.74, 6) is 0.103. The van der Waals surface area contributed by atoms with Gasteiger partial charge in [-0.2, -0.15) is 0 Å². The summed E-state index contributed by atoms with van der Waals surface area (Å²) in [5.41, 5.74) is 1.59. The largest absolute Gasteiger partial charge is 0.333 e. The van der Waals surface area contributed by atoms with Crippen molar-refractivity contribution in [3.63, 3.8) is 0 Å². The molecular formula is C20H23NO4S2. The van der Waals surface area contributed by atoms with Crippen molar-refractivity contribution in [2.24, 2.45) is 7.05 Å². The summed E-state index contributed by atoms with van der Waals surface area (Å²) >= 11 is 0.